The van der Waals surface area contributed by atoms with E-state index >= 15 is 0 Å². The van der Waals surface area contributed by atoms with E-state index in [0.717, 1.165) is 18.5 Å². The van der Waals surface area contributed by atoms with Gasteiger partial charge in [0.25, 0.3) is 5.91 Å². The Balaban J connectivity index is 1.65. The number of nitrogens with two attached hydrogens (primary N) is 1. The molecule has 0 spiro atoms. The molecule has 0 aliphatic carbocycles. The van der Waals surface area contributed by atoms with Crippen molar-refractivity contribution in [3.8, 4) is 0 Å². The van der Waals surface area contributed by atoms with E-state index in [1.807, 2.05) is 0 Å². The van der Waals surface area contributed by atoms with Gasteiger partial charge in [0.15, 0.2) is 11.6 Å². The molecule has 2 aromatic rings. The summed E-state index contributed by atoms with van der Waals surface area (Å²) in [5, 5.41) is 2.44. The molecule has 14 heteroatoms. The SMILES string of the molecule is CNC(=O)[C@@H]1CCN(c2ncnc(N)c2F)C[C@H]1N1CCCC(=Nc2cc(Cl)cc(C(F)(F)F)c2)C1=O. The van der Waals surface area contributed by atoms with Gasteiger partial charge in [-0.1, -0.05) is 11.6 Å². The largest absolute Gasteiger partial charge is 0.416 e. The lowest BCUT2D eigenvalue weighted by molar-refractivity contribution is -0.137. The summed E-state index contributed by atoms with van der Waals surface area (Å²) < 4.78 is 54.3. The second-order valence-electron chi connectivity index (χ2n) is 8.78. The van der Waals surface area contributed by atoms with Gasteiger partial charge in [-0.15, -0.1) is 0 Å². The number of amides is 2. The number of aliphatic imine (C=N–C) groups is 1. The third-order valence-corrected chi connectivity index (χ3v) is 6.68. The highest BCUT2D eigenvalue weighted by Gasteiger charge is 2.42. The average Bonchev–Trinajstić information content (AvgIpc) is 2.85. The van der Waals surface area contributed by atoms with E-state index in [0.29, 0.717) is 19.4 Å². The molecule has 198 valence electrons. The van der Waals surface area contributed by atoms with Gasteiger partial charge in [-0.05, 0) is 37.5 Å². The van der Waals surface area contributed by atoms with Crippen LogP contribution in [0, 0.1) is 11.7 Å². The quantitative estimate of drug-likeness (QED) is 0.574. The smallest absolute Gasteiger partial charge is 0.381 e. The number of hydrogen-bond donors (Lipinski definition) is 2. The predicted octanol–water partition coefficient (Wildman–Crippen LogP) is 3.21. The van der Waals surface area contributed by atoms with Crippen LogP contribution in [0.2, 0.25) is 5.02 Å². The fourth-order valence-electron chi connectivity index (χ4n) is 4.69. The first kappa shape index (κ1) is 26.6. The van der Waals surface area contributed by atoms with Crippen molar-refractivity contribution < 1.29 is 27.2 Å². The number of anilines is 2. The topological polar surface area (TPSA) is 117 Å². The summed E-state index contributed by atoms with van der Waals surface area (Å²) in [5.41, 5.74) is 4.56. The maximum atomic E-state index is 14.6. The Morgan fingerprint density at radius 2 is 2.00 bits per heavy atom. The van der Waals surface area contributed by atoms with Crippen molar-refractivity contribution >= 4 is 46.5 Å². The van der Waals surface area contributed by atoms with Crippen LogP contribution in [0.3, 0.4) is 0 Å². The molecule has 0 saturated carbocycles. The van der Waals surface area contributed by atoms with Gasteiger partial charge >= 0.3 is 6.18 Å². The Hall–Kier alpha value is -3.48. The number of carbonyl (C=O) groups is 2. The van der Waals surface area contributed by atoms with E-state index in [1.165, 1.54) is 18.0 Å². The maximum Gasteiger partial charge on any atom is 0.416 e. The first-order valence-corrected chi connectivity index (χ1v) is 11.9. The molecule has 2 aliphatic rings. The number of likely N-dealkylation sites (tertiary alicyclic amines) is 1. The summed E-state index contributed by atoms with van der Waals surface area (Å²) >= 11 is 5.86. The molecule has 2 amide bonds. The number of nitrogen functional groups attached to an aromatic ring is 1. The molecule has 3 heterocycles. The van der Waals surface area contributed by atoms with Gasteiger partial charge in [-0.25, -0.2) is 15.0 Å². The van der Waals surface area contributed by atoms with Crippen LogP contribution in [-0.2, 0) is 15.8 Å². The number of carbonyl (C=O) groups excluding carboxylic acids is 2. The summed E-state index contributed by atoms with van der Waals surface area (Å²) in [6, 6.07) is 2.17. The molecule has 1 aromatic carbocycles. The van der Waals surface area contributed by atoms with E-state index in [-0.39, 0.29) is 53.5 Å². The zero-order valence-electron chi connectivity index (χ0n) is 19.7. The number of nitrogens with one attached hydrogen (secondary N) is 1. The lowest BCUT2D eigenvalue weighted by Gasteiger charge is -2.45. The van der Waals surface area contributed by atoms with Crippen molar-refractivity contribution in [2.75, 3.05) is 37.3 Å². The minimum atomic E-state index is -4.63. The van der Waals surface area contributed by atoms with Crippen LogP contribution in [0.15, 0.2) is 29.5 Å². The zero-order valence-corrected chi connectivity index (χ0v) is 20.5. The lowest BCUT2D eigenvalue weighted by Crippen LogP contribution is -2.60. The summed E-state index contributed by atoms with van der Waals surface area (Å²) in [5.74, 6) is -2.55. The summed E-state index contributed by atoms with van der Waals surface area (Å²) in [4.78, 5) is 41.1. The van der Waals surface area contributed by atoms with E-state index in [1.54, 1.807) is 4.90 Å². The van der Waals surface area contributed by atoms with Crippen LogP contribution >= 0.6 is 11.6 Å². The van der Waals surface area contributed by atoms with Crippen LogP contribution in [0.1, 0.15) is 24.8 Å². The van der Waals surface area contributed by atoms with Crippen molar-refractivity contribution in [1.29, 1.82) is 0 Å². The van der Waals surface area contributed by atoms with Gasteiger partial charge in [-0.3, -0.25) is 9.59 Å². The minimum absolute atomic E-state index is 0.0372. The van der Waals surface area contributed by atoms with Crippen LogP contribution < -0.4 is 16.0 Å². The fourth-order valence-corrected chi connectivity index (χ4v) is 4.92. The third kappa shape index (κ3) is 5.60. The molecule has 2 atom stereocenters. The highest BCUT2D eigenvalue weighted by molar-refractivity contribution is 6.40. The summed E-state index contributed by atoms with van der Waals surface area (Å²) in [6.45, 7) is 0.662. The molecule has 3 N–H and O–H groups in total. The standard InChI is InChI=1S/C23H24ClF4N7O2/c1-30-21(36)15-4-6-34(20-18(25)19(29)31-11-32-20)10-17(15)35-5-2-3-16(22(35)37)33-14-8-12(23(26,27)28)7-13(24)9-14/h7-9,11,15,17H,2-6,10H2,1H3,(H,30,36)(H2,29,31,32)/t15-,17-/m1/s1. The first-order valence-electron chi connectivity index (χ1n) is 11.5. The number of rotatable bonds is 4. The lowest BCUT2D eigenvalue weighted by atomic mass is 9.87. The molecule has 4 rings (SSSR count). The van der Waals surface area contributed by atoms with Crippen molar-refractivity contribution in [2.45, 2.75) is 31.5 Å². The molecule has 9 nitrogen and oxygen atoms in total. The average molecular weight is 542 g/mol. The number of hydrogen-bond acceptors (Lipinski definition) is 7. The van der Waals surface area contributed by atoms with Crippen LogP contribution in [0.4, 0.5) is 34.9 Å². The highest BCUT2D eigenvalue weighted by Crippen LogP contribution is 2.35. The Morgan fingerprint density at radius 3 is 2.70 bits per heavy atom. The van der Waals surface area contributed by atoms with Gasteiger partial charge in [-0.2, -0.15) is 17.6 Å². The minimum Gasteiger partial charge on any atom is -0.381 e. The first-order chi connectivity index (χ1) is 17.5. The Kier molecular flexibility index (Phi) is 7.53. The fraction of sp³-hybridized carbons (Fsp3) is 0.435. The molecule has 2 fully saturated rings. The molecular weight excluding hydrogens is 518 g/mol. The number of aromatic nitrogens is 2. The number of halogens is 5. The van der Waals surface area contributed by atoms with E-state index in [2.05, 4.69) is 20.3 Å². The van der Waals surface area contributed by atoms with Gasteiger partial charge in [0, 0.05) is 31.7 Å². The third-order valence-electron chi connectivity index (χ3n) is 6.46. The van der Waals surface area contributed by atoms with Crippen LogP contribution in [-0.4, -0.2) is 65.1 Å². The predicted molar refractivity (Wildman–Crippen MR) is 129 cm³/mol. The number of nitrogens with zero attached hydrogens (tertiary/aromatic N) is 5. The number of benzene rings is 1. The van der Waals surface area contributed by atoms with Crippen molar-refractivity contribution in [3.63, 3.8) is 0 Å². The van der Waals surface area contributed by atoms with Gasteiger partial charge in [0.1, 0.15) is 12.0 Å². The zero-order chi connectivity index (χ0) is 26.9. The highest BCUT2D eigenvalue weighted by atomic mass is 35.5. The van der Waals surface area contributed by atoms with E-state index < -0.39 is 35.4 Å². The second-order valence-corrected chi connectivity index (χ2v) is 9.21. The van der Waals surface area contributed by atoms with E-state index in [9.17, 15) is 27.2 Å². The second kappa shape index (κ2) is 10.5. The van der Waals surface area contributed by atoms with E-state index in [4.69, 9.17) is 17.3 Å². The maximum absolute atomic E-state index is 14.6. The van der Waals surface area contributed by atoms with Crippen LogP contribution in [0.25, 0.3) is 0 Å². The molecule has 2 aliphatic heterocycles. The Morgan fingerprint density at radius 1 is 1.24 bits per heavy atom. The Labute approximate surface area is 214 Å². The monoisotopic (exact) mass is 541 g/mol. The molecule has 37 heavy (non-hydrogen) atoms. The van der Waals surface area contributed by atoms with Gasteiger partial charge in [0.2, 0.25) is 11.7 Å². The molecule has 0 radical (unpaired) electrons. The normalized spacial score (nSPS) is 21.9. The summed E-state index contributed by atoms with van der Waals surface area (Å²) in [7, 11) is 1.48. The summed E-state index contributed by atoms with van der Waals surface area (Å²) in [6.07, 6.45) is -2.49. The number of piperidine rings is 2. The molecule has 1 aromatic heterocycles. The molecule has 0 bridgehead atoms. The van der Waals surface area contributed by atoms with Crippen molar-refractivity contribution in [2.24, 2.45) is 10.9 Å². The molecular formula is C23H24ClF4N7O2. The van der Waals surface area contributed by atoms with Crippen molar-refractivity contribution in [3.05, 3.63) is 40.9 Å². The Bertz CT molecular complexity index is 1240. The van der Waals surface area contributed by atoms with Crippen molar-refractivity contribution in [1.82, 2.24) is 20.2 Å². The van der Waals surface area contributed by atoms with Crippen LogP contribution in [0.5, 0.6) is 0 Å². The van der Waals surface area contributed by atoms with Gasteiger partial charge < -0.3 is 20.9 Å². The molecule has 0 unspecified atom stereocenters. The van der Waals surface area contributed by atoms with Gasteiger partial charge in [0.05, 0.1) is 23.2 Å². The molecule has 2 saturated heterocycles. The number of alkyl halides is 3.